The average Bonchev–Trinajstić information content (AvgIpc) is 2.98. The van der Waals surface area contributed by atoms with E-state index in [1.165, 1.54) is 38.8 Å². The van der Waals surface area contributed by atoms with Gasteiger partial charge in [0.05, 0.1) is 0 Å². The summed E-state index contributed by atoms with van der Waals surface area (Å²) in [5, 5.41) is 0. The third-order valence-electron chi connectivity index (χ3n) is 3.06. The standard InChI is InChI=1S/C11H23N.C2H6O.3C2H6/c1-4-6-11(5-2)12-8-7-10(3)9-12;1-3-2;3*1-2/h10-11H,4-9H2,1-3H3;1-2H3;3*1-2H3. The normalized spacial score (nSPS) is 17.6. The van der Waals surface area contributed by atoms with Crippen molar-refractivity contribution in [2.45, 2.75) is 94.0 Å². The molecule has 0 aromatic heterocycles. The van der Waals surface area contributed by atoms with E-state index in [1.54, 1.807) is 14.2 Å². The third-order valence-corrected chi connectivity index (χ3v) is 3.06. The van der Waals surface area contributed by atoms with Gasteiger partial charge in [-0.2, -0.15) is 0 Å². The molecule has 1 heterocycles. The molecule has 1 aliphatic heterocycles. The summed E-state index contributed by atoms with van der Waals surface area (Å²) in [6, 6.07) is 0.875. The highest BCUT2D eigenvalue weighted by Gasteiger charge is 2.23. The lowest BCUT2D eigenvalue weighted by atomic mass is 10.1. The minimum absolute atomic E-state index is 0.875. The molecule has 2 atom stereocenters. The Labute approximate surface area is 137 Å². The first-order valence-corrected chi connectivity index (χ1v) is 9.33. The fraction of sp³-hybridized carbons (Fsp3) is 1.00. The topological polar surface area (TPSA) is 12.5 Å². The zero-order chi connectivity index (χ0) is 17.7. The van der Waals surface area contributed by atoms with Gasteiger partial charge in [-0.1, -0.05) is 68.7 Å². The Kier molecular flexibility index (Phi) is 38.8. The molecule has 134 valence electrons. The summed E-state index contributed by atoms with van der Waals surface area (Å²) in [5.41, 5.74) is 0. The van der Waals surface area contributed by atoms with E-state index in [0.717, 1.165) is 12.0 Å². The van der Waals surface area contributed by atoms with Crippen molar-refractivity contribution in [1.82, 2.24) is 4.90 Å². The summed E-state index contributed by atoms with van der Waals surface area (Å²) in [6.45, 7) is 21.7. The van der Waals surface area contributed by atoms with E-state index in [0.29, 0.717) is 0 Å². The van der Waals surface area contributed by atoms with Crippen LogP contribution in [0.3, 0.4) is 0 Å². The van der Waals surface area contributed by atoms with Crippen LogP contribution in [0.4, 0.5) is 0 Å². The van der Waals surface area contributed by atoms with Crippen molar-refractivity contribution in [1.29, 1.82) is 0 Å². The Balaban J connectivity index is -0.000000136. The van der Waals surface area contributed by atoms with Crippen molar-refractivity contribution in [2.24, 2.45) is 5.92 Å². The van der Waals surface area contributed by atoms with Gasteiger partial charge in [-0.15, -0.1) is 0 Å². The van der Waals surface area contributed by atoms with Crippen molar-refractivity contribution in [3.63, 3.8) is 0 Å². The van der Waals surface area contributed by atoms with Gasteiger partial charge in [-0.25, -0.2) is 0 Å². The van der Waals surface area contributed by atoms with Crippen molar-refractivity contribution >= 4 is 0 Å². The first-order valence-electron chi connectivity index (χ1n) is 9.33. The number of methoxy groups -OCH3 is 1. The lowest BCUT2D eigenvalue weighted by molar-refractivity contribution is 0.217. The molecular formula is C19H47NO. The van der Waals surface area contributed by atoms with Crippen LogP contribution in [0.5, 0.6) is 0 Å². The molecule has 0 saturated carbocycles. The van der Waals surface area contributed by atoms with Gasteiger partial charge in [0, 0.05) is 26.8 Å². The molecular weight excluding hydrogens is 258 g/mol. The molecule has 1 fully saturated rings. The summed E-state index contributed by atoms with van der Waals surface area (Å²) < 4.78 is 4.25. The predicted octanol–water partition coefficient (Wildman–Crippen LogP) is 6.25. The number of rotatable bonds is 4. The first kappa shape index (κ1) is 29.0. The van der Waals surface area contributed by atoms with E-state index in [2.05, 4.69) is 30.4 Å². The molecule has 0 radical (unpaired) electrons. The second-order valence-electron chi connectivity index (χ2n) is 4.65. The second kappa shape index (κ2) is 28.1. The molecule has 2 heteroatoms. The Morgan fingerprint density at radius 3 is 1.67 bits per heavy atom. The number of hydrogen-bond acceptors (Lipinski definition) is 2. The number of nitrogens with zero attached hydrogens (tertiary/aromatic N) is 1. The SMILES string of the molecule is CC.CC.CC.CCCC(CC)N1CCC(C)C1.COC. The van der Waals surface area contributed by atoms with Crippen LogP contribution in [0.2, 0.25) is 0 Å². The van der Waals surface area contributed by atoms with Crippen molar-refractivity contribution < 1.29 is 4.74 Å². The molecule has 0 aliphatic carbocycles. The molecule has 0 amide bonds. The first-order chi connectivity index (χ1) is 10.2. The smallest absolute Gasteiger partial charge is 0.0351 e. The maximum absolute atomic E-state index is 4.25. The van der Waals surface area contributed by atoms with Crippen LogP contribution in [0.25, 0.3) is 0 Å². The summed E-state index contributed by atoms with van der Waals surface area (Å²) in [7, 11) is 3.25. The van der Waals surface area contributed by atoms with Crippen molar-refractivity contribution in [3.05, 3.63) is 0 Å². The quantitative estimate of drug-likeness (QED) is 0.609. The van der Waals surface area contributed by atoms with Gasteiger partial charge in [0.15, 0.2) is 0 Å². The van der Waals surface area contributed by atoms with E-state index in [4.69, 9.17) is 0 Å². The van der Waals surface area contributed by atoms with Crippen LogP contribution < -0.4 is 0 Å². The number of ether oxygens (including phenoxy) is 1. The summed E-state index contributed by atoms with van der Waals surface area (Å²) in [5.74, 6) is 0.941. The molecule has 2 unspecified atom stereocenters. The maximum Gasteiger partial charge on any atom is 0.0351 e. The van der Waals surface area contributed by atoms with Crippen molar-refractivity contribution in [3.8, 4) is 0 Å². The highest BCUT2D eigenvalue weighted by atomic mass is 16.4. The van der Waals surface area contributed by atoms with Crippen LogP contribution in [-0.2, 0) is 4.74 Å². The minimum atomic E-state index is 0.875. The predicted molar refractivity (Wildman–Crippen MR) is 101 cm³/mol. The number of likely N-dealkylation sites (tertiary alicyclic amines) is 1. The van der Waals surface area contributed by atoms with Crippen LogP contribution in [-0.4, -0.2) is 38.3 Å². The van der Waals surface area contributed by atoms with E-state index in [-0.39, 0.29) is 0 Å². The molecule has 21 heavy (non-hydrogen) atoms. The van der Waals surface area contributed by atoms with Gasteiger partial charge in [0.25, 0.3) is 0 Å². The fourth-order valence-corrected chi connectivity index (χ4v) is 2.28. The molecule has 1 aliphatic rings. The highest BCUT2D eigenvalue weighted by molar-refractivity contribution is 4.78. The molecule has 0 N–H and O–H groups in total. The molecule has 2 nitrogen and oxygen atoms in total. The number of hydrogen-bond donors (Lipinski definition) is 0. The Hall–Kier alpha value is -0.0800. The van der Waals surface area contributed by atoms with Gasteiger partial charge in [-0.05, 0) is 31.7 Å². The minimum Gasteiger partial charge on any atom is -0.388 e. The summed E-state index contributed by atoms with van der Waals surface area (Å²) in [4.78, 5) is 2.69. The Morgan fingerprint density at radius 2 is 1.43 bits per heavy atom. The fourth-order valence-electron chi connectivity index (χ4n) is 2.28. The van der Waals surface area contributed by atoms with E-state index in [1.807, 2.05) is 41.5 Å². The van der Waals surface area contributed by atoms with Crippen LogP contribution in [0.15, 0.2) is 0 Å². The Bertz CT molecular complexity index is 138. The zero-order valence-electron chi connectivity index (χ0n) is 17.3. The Morgan fingerprint density at radius 1 is 1.00 bits per heavy atom. The van der Waals surface area contributed by atoms with Gasteiger partial charge < -0.3 is 9.64 Å². The van der Waals surface area contributed by atoms with Gasteiger partial charge >= 0.3 is 0 Å². The second-order valence-corrected chi connectivity index (χ2v) is 4.65. The van der Waals surface area contributed by atoms with E-state index < -0.39 is 0 Å². The van der Waals surface area contributed by atoms with Gasteiger partial charge in [0.1, 0.15) is 0 Å². The monoisotopic (exact) mass is 305 g/mol. The van der Waals surface area contributed by atoms with Crippen molar-refractivity contribution in [2.75, 3.05) is 27.3 Å². The molecule has 0 bridgehead atoms. The van der Waals surface area contributed by atoms with Crippen LogP contribution in [0.1, 0.15) is 88.0 Å². The highest BCUT2D eigenvalue weighted by Crippen LogP contribution is 2.21. The third kappa shape index (κ3) is 19.9. The molecule has 0 aromatic carbocycles. The molecule has 0 spiro atoms. The lowest BCUT2D eigenvalue weighted by Gasteiger charge is -2.26. The van der Waals surface area contributed by atoms with Gasteiger partial charge in [-0.3, -0.25) is 0 Å². The largest absolute Gasteiger partial charge is 0.388 e. The van der Waals surface area contributed by atoms with E-state index in [9.17, 15) is 0 Å². The molecule has 1 rings (SSSR count). The molecule has 0 aromatic rings. The van der Waals surface area contributed by atoms with E-state index >= 15 is 0 Å². The summed E-state index contributed by atoms with van der Waals surface area (Å²) >= 11 is 0. The maximum atomic E-state index is 4.25. The lowest BCUT2D eigenvalue weighted by Crippen LogP contribution is -2.32. The molecule has 1 saturated heterocycles. The average molecular weight is 306 g/mol. The van der Waals surface area contributed by atoms with Crippen LogP contribution in [0, 0.1) is 5.92 Å². The van der Waals surface area contributed by atoms with Crippen LogP contribution >= 0.6 is 0 Å². The van der Waals surface area contributed by atoms with Gasteiger partial charge in [0.2, 0.25) is 0 Å². The summed E-state index contributed by atoms with van der Waals surface area (Å²) in [6.07, 6.45) is 5.48. The zero-order valence-corrected chi connectivity index (χ0v) is 17.3.